The number of ketones is 1. The van der Waals surface area contributed by atoms with Crippen LogP contribution < -0.4 is 5.01 Å². The lowest BCUT2D eigenvalue weighted by molar-refractivity contribution is -0.126. The molecule has 12 heavy (non-hydrogen) atoms. The average Bonchev–Trinajstić information content (AvgIpc) is 2.16. The van der Waals surface area contributed by atoms with E-state index >= 15 is 0 Å². The SMILES string of the molecule is CC(=O)C1=C(C)N(C)[N+](C)C1=O. The Labute approximate surface area is 71.4 Å². The normalized spacial score (nSPS) is 19.3. The van der Waals surface area contributed by atoms with Crippen molar-refractivity contribution < 1.29 is 9.59 Å². The first-order valence-corrected chi connectivity index (χ1v) is 3.70. The first-order valence-electron chi connectivity index (χ1n) is 3.70. The van der Waals surface area contributed by atoms with E-state index in [0.29, 0.717) is 5.57 Å². The second kappa shape index (κ2) is 2.71. The lowest BCUT2D eigenvalue weighted by atomic mass is 10.1. The van der Waals surface area contributed by atoms with E-state index in [4.69, 9.17) is 0 Å². The summed E-state index contributed by atoms with van der Waals surface area (Å²) in [5, 5.41) is 3.09. The molecule has 65 valence electrons. The molecule has 1 amide bonds. The van der Waals surface area contributed by atoms with Crippen LogP contribution in [0, 0.1) is 0 Å². The highest BCUT2D eigenvalue weighted by atomic mass is 16.2. The van der Waals surface area contributed by atoms with Gasteiger partial charge in [-0.05, 0) is 13.8 Å². The van der Waals surface area contributed by atoms with Crippen molar-refractivity contribution in [3.63, 3.8) is 0 Å². The van der Waals surface area contributed by atoms with Gasteiger partial charge in [0.1, 0.15) is 0 Å². The summed E-state index contributed by atoms with van der Waals surface area (Å²) in [4.78, 5) is 22.4. The van der Waals surface area contributed by atoms with Crippen LogP contribution in [-0.2, 0) is 9.59 Å². The highest BCUT2D eigenvalue weighted by molar-refractivity contribution is 6.20. The fourth-order valence-electron chi connectivity index (χ4n) is 1.24. The number of amides is 1. The van der Waals surface area contributed by atoms with Crippen LogP contribution in [0.1, 0.15) is 13.8 Å². The molecule has 4 nitrogen and oxygen atoms in total. The molecule has 0 saturated heterocycles. The topological polar surface area (TPSA) is 43.3 Å². The number of Topliss-reactive ketones (excluding diaryl/α,β-unsaturated/α-hetero) is 1. The van der Waals surface area contributed by atoms with Crippen LogP contribution in [0.5, 0.6) is 0 Å². The third kappa shape index (κ3) is 1.04. The van der Waals surface area contributed by atoms with Gasteiger partial charge in [-0.1, -0.05) is 0 Å². The molecule has 0 bridgehead atoms. The Balaban J connectivity index is 3.13. The van der Waals surface area contributed by atoms with Crippen molar-refractivity contribution >= 4 is 11.7 Å². The van der Waals surface area contributed by atoms with Gasteiger partial charge in [-0.3, -0.25) is 4.79 Å². The van der Waals surface area contributed by atoms with Crippen molar-refractivity contribution in [1.82, 2.24) is 10.0 Å². The maximum Gasteiger partial charge on any atom is 0.426 e. The van der Waals surface area contributed by atoms with E-state index in [-0.39, 0.29) is 11.7 Å². The molecule has 1 radical (unpaired) electrons. The maximum absolute atomic E-state index is 11.4. The summed E-state index contributed by atoms with van der Waals surface area (Å²) in [5.74, 6) is -0.392. The van der Waals surface area contributed by atoms with Crippen LogP contribution >= 0.6 is 0 Å². The van der Waals surface area contributed by atoms with Crippen molar-refractivity contribution in [3.05, 3.63) is 11.3 Å². The number of allylic oxidation sites excluding steroid dienone is 1. The molecular formula is C8H12N2O2+. The predicted octanol–water partition coefficient (Wildman–Crippen LogP) is 0.00630. The van der Waals surface area contributed by atoms with Gasteiger partial charge in [-0.25, -0.2) is 4.79 Å². The number of carbonyl (C=O) groups is 2. The van der Waals surface area contributed by atoms with Crippen LogP contribution in [0.25, 0.3) is 0 Å². The number of hydrogen-bond acceptors (Lipinski definition) is 3. The molecule has 0 aromatic heterocycles. The fraction of sp³-hybridized carbons (Fsp3) is 0.500. The first kappa shape index (κ1) is 8.93. The molecule has 0 saturated carbocycles. The average molecular weight is 168 g/mol. The monoisotopic (exact) mass is 168 g/mol. The highest BCUT2D eigenvalue weighted by Crippen LogP contribution is 2.19. The van der Waals surface area contributed by atoms with Gasteiger partial charge in [-0.2, -0.15) is 5.01 Å². The highest BCUT2D eigenvalue weighted by Gasteiger charge is 2.42. The Kier molecular flexibility index (Phi) is 2.02. The first-order chi connectivity index (χ1) is 5.46. The summed E-state index contributed by atoms with van der Waals surface area (Å²) >= 11 is 0. The van der Waals surface area contributed by atoms with Crippen molar-refractivity contribution in [1.29, 1.82) is 0 Å². The Morgan fingerprint density at radius 2 is 2.00 bits per heavy atom. The van der Waals surface area contributed by atoms with Crippen molar-refractivity contribution in [2.24, 2.45) is 0 Å². The lowest BCUT2D eigenvalue weighted by Gasteiger charge is -2.07. The Morgan fingerprint density at radius 1 is 1.50 bits per heavy atom. The second-order valence-corrected chi connectivity index (χ2v) is 2.87. The van der Waals surface area contributed by atoms with Gasteiger partial charge < -0.3 is 0 Å². The zero-order valence-electron chi connectivity index (χ0n) is 7.71. The molecule has 0 unspecified atom stereocenters. The third-order valence-electron chi connectivity index (χ3n) is 2.16. The van der Waals surface area contributed by atoms with E-state index in [1.54, 1.807) is 26.0 Å². The van der Waals surface area contributed by atoms with E-state index in [1.165, 1.54) is 11.9 Å². The molecule has 0 fully saturated rings. The minimum atomic E-state index is -0.220. The molecule has 1 rings (SSSR count). The summed E-state index contributed by atoms with van der Waals surface area (Å²) in [5.41, 5.74) is 1.01. The predicted molar refractivity (Wildman–Crippen MR) is 44.2 cm³/mol. The number of rotatable bonds is 1. The van der Waals surface area contributed by atoms with Crippen LogP contribution in [0.2, 0.25) is 0 Å². The van der Waals surface area contributed by atoms with E-state index in [9.17, 15) is 9.59 Å². The van der Waals surface area contributed by atoms with Gasteiger partial charge in [0.15, 0.2) is 18.4 Å². The molecule has 4 heteroatoms. The molecular weight excluding hydrogens is 156 g/mol. The summed E-state index contributed by atoms with van der Waals surface area (Å²) in [6, 6.07) is 0. The zero-order valence-corrected chi connectivity index (χ0v) is 7.71. The van der Waals surface area contributed by atoms with E-state index < -0.39 is 0 Å². The van der Waals surface area contributed by atoms with Gasteiger partial charge in [0, 0.05) is 5.01 Å². The van der Waals surface area contributed by atoms with Gasteiger partial charge in [-0.15, -0.1) is 0 Å². The molecule has 0 atom stereocenters. The summed E-state index contributed by atoms with van der Waals surface area (Å²) in [6.45, 7) is 3.17. The van der Waals surface area contributed by atoms with Crippen molar-refractivity contribution in [2.75, 3.05) is 14.1 Å². The van der Waals surface area contributed by atoms with Gasteiger partial charge >= 0.3 is 5.91 Å². The van der Waals surface area contributed by atoms with Gasteiger partial charge in [0.05, 0.1) is 12.7 Å². The number of nitrogens with zero attached hydrogens (tertiary/aromatic N) is 2. The van der Waals surface area contributed by atoms with Crippen molar-refractivity contribution in [3.8, 4) is 0 Å². The fourth-order valence-corrected chi connectivity index (χ4v) is 1.24. The largest absolute Gasteiger partial charge is 0.426 e. The molecule has 1 aliphatic rings. The molecule has 1 aliphatic heterocycles. The van der Waals surface area contributed by atoms with E-state index in [0.717, 1.165) is 5.70 Å². The van der Waals surface area contributed by atoms with Crippen LogP contribution in [0.15, 0.2) is 11.3 Å². The smallest absolute Gasteiger partial charge is 0.294 e. The molecule has 0 aromatic carbocycles. The van der Waals surface area contributed by atoms with Gasteiger partial charge in [0.25, 0.3) is 0 Å². The molecule has 1 heterocycles. The van der Waals surface area contributed by atoms with Crippen LogP contribution in [-0.4, -0.2) is 30.8 Å². The quantitative estimate of drug-likeness (QED) is 0.409. The Morgan fingerprint density at radius 3 is 2.17 bits per heavy atom. The van der Waals surface area contributed by atoms with Crippen LogP contribution in [0.3, 0.4) is 0 Å². The third-order valence-corrected chi connectivity index (χ3v) is 2.16. The maximum atomic E-state index is 11.4. The summed E-state index contributed by atoms with van der Waals surface area (Å²) < 4.78 is 0. The van der Waals surface area contributed by atoms with Crippen molar-refractivity contribution in [2.45, 2.75) is 13.8 Å². The molecule has 0 aromatic rings. The summed E-state index contributed by atoms with van der Waals surface area (Å²) in [7, 11) is 3.39. The van der Waals surface area contributed by atoms with Gasteiger partial charge in [0.2, 0.25) is 0 Å². The van der Waals surface area contributed by atoms with E-state index in [1.807, 2.05) is 0 Å². The molecule has 0 N–H and O–H groups in total. The number of hydrazine groups is 1. The number of carbonyl (C=O) groups excluding carboxylic acids is 2. The Hall–Kier alpha value is -1.16. The molecule has 0 spiro atoms. The number of hydrogen-bond donors (Lipinski definition) is 0. The number of likely N-dealkylation sites (N-methyl/N-ethyl adjacent to an activating group) is 1. The van der Waals surface area contributed by atoms with E-state index in [2.05, 4.69) is 0 Å². The summed E-state index contributed by atoms with van der Waals surface area (Å²) in [6.07, 6.45) is 0. The second-order valence-electron chi connectivity index (χ2n) is 2.87. The Bertz CT molecular complexity index is 281. The molecule has 0 aliphatic carbocycles. The lowest BCUT2D eigenvalue weighted by Crippen LogP contribution is -2.39. The zero-order chi connectivity index (χ0) is 9.46. The van der Waals surface area contributed by atoms with Crippen LogP contribution in [0.4, 0.5) is 0 Å². The minimum absolute atomic E-state index is 0.172. The minimum Gasteiger partial charge on any atom is -0.294 e. The standard InChI is InChI=1S/C8H12N2O2/c1-5-7(6(2)11)8(12)10(4)9(5)3/h1-4H3/q+1.